The Hall–Kier alpha value is -0.920. The molecular formula is C10H17N3O3S. The van der Waals surface area contributed by atoms with Crippen LogP contribution in [0.1, 0.15) is 18.5 Å². The molecule has 1 fully saturated rings. The lowest BCUT2D eigenvalue weighted by Crippen LogP contribution is -2.36. The van der Waals surface area contributed by atoms with E-state index in [0.717, 1.165) is 12.8 Å². The molecule has 17 heavy (non-hydrogen) atoms. The molecule has 1 aromatic rings. The lowest BCUT2D eigenvalue weighted by atomic mass is 10.5. The van der Waals surface area contributed by atoms with Crippen LogP contribution in [-0.2, 0) is 14.8 Å². The standard InChI is InChI=1S/C10H17N3O3S/c1-8-10(7-11-12-8)17(14,15)13(5-6-16-2)9-3-4-9/h7,9H,3-6H2,1-2H3,(H,11,12). The van der Waals surface area contributed by atoms with E-state index in [-0.39, 0.29) is 10.9 Å². The summed E-state index contributed by atoms with van der Waals surface area (Å²) in [4.78, 5) is 0.264. The van der Waals surface area contributed by atoms with E-state index in [1.165, 1.54) is 10.5 Å². The fourth-order valence-electron chi connectivity index (χ4n) is 1.77. The van der Waals surface area contributed by atoms with Crippen LogP contribution in [0.15, 0.2) is 11.1 Å². The number of nitrogens with zero attached hydrogens (tertiary/aromatic N) is 2. The second-order valence-electron chi connectivity index (χ2n) is 4.20. The van der Waals surface area contributed by atoms with E-state index < -0.39 is 10.0 Å². The second kappa shape index (κ2) is 4.75. The van der Waals surface area contributed by atoms with Crippen LogP contribution in [0.25, 0.3) is 0 Å². The van der Waals surface area contributed by atoms with E-state index in [4.69, 9.17) is 4.74 Å². The molecular weight excluding hydrogens is 242 g/mol. The molecule has 2 rings (SSSR count). The fraction of sp³-hybridized carbons (Fsp3) is 0.700. The molecule has 0 bridgehead atoms. The Morgan fingerprint density at radius 1 is 1.59 bits per heavy atom. The maximum Gasteiger partial charge on any atom is 0.246 e. The third-order valence-corrected chi connectivity index (χ3v) is 4.91. The van der Waals surface area contributed by atoms with Crippen molar-refractivity contribution in [3.8, 4) is 0 Å². The van der Waals surface area contributed by atoms with Crippen LogP contribution in [0, 0.1) is 6.92 Å². The van der Waals surface area contributed by atoms with E-state index >= 15 is 0 Å². The first-order valence-electron chi connectivity index (χ1n) is 5.58. The Morgan fingerprint density at radius 2 is 2.29 bits per heavy atom. The summed E-state index contributed by atoms with van der Waals surface area (Å²) >= 11 is 0. The van der Waals surface area contributed by atoms with Gasteiger partial charge in [-0.05, 0) is 19.8 Å². The van der Waals surface area contributed by atoms with Crippen molar-refractivity contribution in [2.45, 2.75) is 30.7 Å². The molecule has 0 aromatic carbocycles. The van der Waals surface area contributed by atoms with Gasteiger partial charge in [0.2, 0.25) is 10.0 Å². The molecule has 0 amide bonds. The zero-order valence-corrected chi connectivity index (χ0v) is 10.8. The molecule has 1 saturated carbocycles. The summed E-state index contributed by atoms with van der Waals surface area (Å²) in [7, 11) is -1.87. The van der Waals surface area contributed by atoms with E-state index in [9.17, 15) is 8.42 Å². The summed E-state index contributed by atoms with van der Waals surface area (Å²) in [6.45, 7) is 2.52. The molecule has 1 aliphatic rings. The first-order valence-corrected chi connectivity index (χ1v) is 7.02. The zero-order chi connectivity index (χ0) is 12.5. The van der Waals surface area contributed by atoms with Crippen molar-refractivity contribution in [3.63, 3.8) is 0 Å². The summed E-state index contributed by atoms with van der Waals surface area (Å²) in [5.74, 6) is 0. The van der Waals surface area contributed by atoms with Crippen molar-refractivity contribution >= 4 is 10.0 Å². The number of H-pyrrole nitrogens is 1. The van der Waals surface area contributed by atoms with Crippen molar-refractivity contribution in [2.24, 2.45) is 0 Å². The van der Waals surface area contributed by atoms with Gasteiger partial charge in [-0.3, -0.25) is 5.10 Å². The van der Waals surface area contributed by atoms with Crippen molar-refractivity contribution in [2.75, 3.05) is 20.3 Å². The number of aromatic nitrogens is 2. The maximum atomic E-state index is 12.4. The van der Waals surface area contributed by atoms with Crippen molar-refractivity contribution in [1.82, 2.24) is 14.5 Å². The van der Waals surface area contributed by atoms with Gasteiger partial charge in [0.25, 0.3) is 0 Å². The van der Waals surface area contributed by atoms with Gasteiger partial charge in [0.1, 0.15) is 4.90 Å². The van der Waals surface area contributed by atoms with Gasteiger partial charge >= 0.3 is 0 Å². The van der Waals surface area contributed by atoms with Gasteiger partial charge in [-0.1, -0.05) is 0 Å². The molecule has 0 radical (unpaired) electrons. The zero-order valence-electron chi connectivity index (χ0n) is 10.0. The van der Waals surface area contributed by atoms with Gasteiger partial charge in [0, 0.05) is 19.7 Å². The highest BCUT2D eigenvalue weighted by Gasteiger charge is 2.38. The predicted octanol–water partition coefficient (Wildman–Crippen LogP) is 0.518. The van der Waals surface area contributed by atoms with Gasteiger partial charge in [-0.25, -0.2) is 8.42 Å². The van der Waals surface area contributed by atoms with Crippen LogP contribution in [0.2, 0.25) is 0 Å². The summed E-state index contributed by atoms with van der Waals surface area (Å²) in [6.07, 6.45) is 3.23. The number of aryl methyl sites for hydroxylation is 1. The fourth-order valence-corrected chi connectivity index (χ4v) is 3.56. The van der Waals surface area contributed by atoms with Crippen LogP contribution in [0.3, 0.4) is 0 Å². The highest BCUT2D eigenvalue weighted by molar-refractivity contribution is 7.89. The normalized spacial score (nSPS) is 16.6. The summed E-state index contributed by atoms with van der Waals surface area (Å²) < 4.78 is 31.3. The number of sulfonamides is 1. The smallest absolute Gasteiger partial charge is 0.246 e. The maximum absolute atomic E-state index is 12.4. The number of aromatic amines is 1. The van der Waals surface area contributed by atoms with Gasteiger partial charge in [-0.15, -0.1) is 0 Å². The molecule has 0 unspecified atom stereocenters. The molecule has 7 heteroatoms. The van der Waals surface area contributed by atoms with Crippen LogP contribution < -0.4 is 0 Å². The Kier molecular flexibility index (Phi) is 3.50. The monoisotopic (exact) mass is 259 g/mol. The minimum Gasteiger partial charge on any atom is -0.383 e. The molecule has 6 nitrogen and oxygen atoms in total. The lowest BCUT2D eigenvalue weighted by Gasteiger charge is -2.20. The Labute approximate surface area is 101 Å². The van der Waals surface area contributed by atoms with Crippen LogP contribution >= 0.6 is 0 Å². The number of nitrogens with one attached hydrogen (secondary N) is 1. The number of rotatable bonds is 6. The average molecular weight is 259 g/mol. The van der Waals surface area contributed by atoms with Crippen molar-refractivity contribution in [1.29, 1.82) is 0 Å². The summed E-state index contributed by atoms with van der Waals surface area (Å²) in [5.41, 5.74) is 0.577. The third-order valence-electron chi connectivity index (χ3n) is 2.84. The molecule has 0 saturated heterocycles. The molecule has 96 valence electrons. The second-order valence-corrected chi connectivity index (χ2v) is 6.06. The van der Waals surface area contributed by atoms with E-state index in [2.05, 4.69) is 10.2 Å². The van der Waals surface area contributed by atoms with E-state index in [0.29, 0.717) is 18.8 Å². The SMILES string of the molecule is COCCN(C1CC1)S(=O)(=O)c1cn[nH]c1C. The van der Waals surface area contributed by atoms with Gasteiger partial charge in [0.15, 0.2) is 0 Å². The third kappa shape index (κ3) is 2.51. The average Bonchev–Trinajstić information content (AvgIpc) is 3.00. The Balaban J connectivity index is 2.25. The molecule has 1 heterocycles. The first-order chi connectivity index (χ1) is 8.07. The van der Waals surface area contributed by atoms with Crippen molar-refractivity contribution in [3.05, 3.63) is 11.9 Å². The van der Waals surface area contributed by atoms with Crippen LogP contribution in [0.5, 0.6) is 0 Å². The lowest BCUT2D eigenvalue weighted by molar-refractivity contribution is 0.177. The van der Waals surface area contributed by atoms with Gasteiger partial charge in [0.05, 0.1) is 18.5 Å². The highest BCUT2D eigenvalue weighted by Crippen LogP contribution is 2.32. The molecule has 0 spiro atoms. The number of hydrogen-bond acceptors (Lipinski definition) is 4. The molecule has 1 aromatic heterocycles. The van der Waals surface area contributed by atoms with Crippen LogP contribution in [0.4, 0.5) is 0 Å². The summed E-state index contributed by atoms with van der Waals surface area (Å²) in [5, 5.41) is 6.43. The highest BCUT2D eigenvalue weighted by atomic mass is 32.2. The first kappa shape index (κ1) is 12.5. The number of ether oxygens (including phenoxy) is 1. The van der Waals surface area contributed by atoms with E-state index in [1.807, 2.05) is 0 Å². The predicted molar refractivity (Wildman–Crippen MR) is 62.1 cm³/mol. The molecule has 1 aliphatic carbocycles. The van der Waals surface area contributed by atoms with E-state index in [1.54, 1.807) is 14.0 Å². The molecule has 1 N–H and O–H groups in total. The number of methoxy groups -OCH3 is 1. The Bertz CT molecular complexity index is 479. The number of hydrogen-bond donors (Lipinski definition) is 1. The van der Waals surface area contributed by atoms with Crippen molar-refractivity contribution < 1.29 is 13.2 Å². The molecule has 0 atom stereocenters. The molecule has 0 aliphatic heterocycles. The minimum absolute atomic E-state index is 0.129. The van der Waals surface area contributed by atoms with Crippen LogP contribution in [-0.4, -0.2) is 49.2 Å². The minimum atomic E-state index is -3.44. The largest absolute Gasteiger partial charge is 0.383 e. The summed E-state index contributed by atoms with van der Waals surface area (Å²) in [6, 6.07) is 0.129. The Morgan fingerprint density at radius 3 is 2.76 bits per heavy atom. The van der Waals surface area contributed by atoms with Gasteiger partial charge < -0.3 is 4.74 Å². The quantitative estimate of drug-likeness (QED) is 0.808. The topological polar surface area (TPSA) is 75.3 Å². The van der Waals surface area contributed by atoms with Gasteiger partial charge in [-0.2, -0.15) is 9.40 Å².